The molecule has 0 aromatic carbocycles. The van der Waals surface area contributed by atoms with Crippen molar-refractivity contribution in [1.82, 2.24) is 14.7 Å². The van der Waals surface area contributed by atoms with Gasteiger partial charge >= 0.3 is 10.3 Å². The molecule has 2 rings (SSSR count). The van der Waals surface area contributed by atoms with E-state index in [0.29, 0.717) is 5.88 Å². The molecule has 2 atom stereocenters. The highest BCUT2D eigenvalue weighted by Crippen LogP contribution is 2.28. The van der Waals surface area contributed by atoms with Gasteiger partial charge in [0, 0.05) is 18.8 Å². The van der Waals surface area contributed by atoms with Crippen molar-refractivity contribution in [2.45, 2.75) is 25.4 Å². The SMILES string of the molecule is O=S(=O)(O)NC[C@@H]1CC[C@H](Oc2ccncn2)C1. The lowest BCUT2D eigenvalue weighted by atomic mass is 10.1. The molecular formula is C10H15N3O4S. The Morgan fingerprint density at radius 2 is 2.33 bits per heavy atom. The zero-order valence-electron chi connectivity index (χ0n) is 9.69. The van der Waals surface area contributed by atoms with Crippen LogP contribution < -0.4 is 9.46 Å². The fourth-order valence-electron chi connectivity index (χ4n) is 2.06. The second-order valence-corrected chi connectivity index (χ2v) is 5.53. The summed E-state index contributed by atoms with van der Waals surface area (Å²) in [7, 11) is -4.10. The van der Waals surface area contributed by atoms with Gasteiger partial charge in [-0.25, -0.2) is 9.97 Å². The van der Waals surface area contributed by atoms with Gasteiger partial charge in [-0.3, -0.25) is 4.55 Å². The first-order chi connectivity index (χ1) is 8.53. The van der Waals surface area contributed by atoms with Crippen molar-refractivity contribution in [3.8, 4) is 5.88 Å². The topological polar surface area (TPSA) is 101 Å². The van der Waals surface area contributed by atoms with Crippen molar-refractivity contribution in [3.63, 3.8) is 0 Å². The number of aromatic nitrogens is 2. The summed E-state index contributed by atoms with van der Waals surface area (Å²) >= 11 is 0. The maximum atomic E-state index is 10.6. The smallest absolute Gasteiger partial charge is 0.333 e. The van der Waals surface area contributed by atoms with Crippen LogP contribution in [-0.4, -0.2) is 35.6 Å². The van der Waals surface area contributed by atoms with Crippen molar-refractivity contribution in [3.05, 3.63) is 18.6 Å². The normalized spacial score (nSPS) is 24.1. The van der Waals surface area contributed by atoms with E-state index in [2.05, 4.69) is 14.7 Å². The number of nitrogens with zero attached hydrogens (tertiary/aromatic N) is 2. The third-order valence-corrected chi connectivity index (χ3v) is 3.42. The van der Waals surface area contributed by atoms with Gasteiger partial charge in [0.05, 0.1) is 0 Å². The highest BCUT2D eigenvalue weighted by molar-refractivity contribution is 7.83. The van der Waals surface area contributed by atoms with E-state index in [1.807, 2.05) is 0 Å². The maximum absolute atomic E-state index is 10.6. The largest absolute Gasteiger partial charge is 0.474 e. The molecule has 1 aromatic rings. The Morgan fingerprint density at radius 1 is 1.50 bits per heavy atom. The van der Waals surface area contributed by atoms with Gasteiger partial charge in [0.25, 0.3) is 0 Å². The van der Waals surface area contributed by atoms with Gasteiger partial charge in [-0.15, -0.1) is 0 Å². The molecule has 0 unspecified atom stereocenters. The van der Waals surface area contributed by atoms with Crippen LogP contribution >= 0.6 is 0 Å². The van der Waals surface area contributed by atoms with Crippen LogP contribution in [0.3, 0.4) is 0 Å². The average molecular weight is 273 g/mol. The second kappa shape index (κ2) is 5.59. The minimum absolute atomic E-state index is 0.0353. The van der Waals surface area contributed by atoms with E-state index < -0.39 is 10.3 Å². The lowest BCUT2D eigenvalue weighted by molar-refractivity contribution is 0.195. The van der Waals surface area contributed by atoms with Gasteiger partial charge in [-0.2, -0.15) is 13.1 Å². The van der Waals surface area contributed by atoms with Gasteiger partial charge in [0.1, 0.15) is 12.4 Å². The summed E-state index contributed by atoms with van der Waals surface area (Å²) in [6.07, 6.45) is 5.51. The molecule has 8 heteroatoms. The molecule has 2 N–H and O–H groups in total. The fraction of sp³-hybridized carbons (Fsp3) is 0.600. The summed E-state index contributed by atoms with van der Waals surface area (Å²) in [5.41, 5.74) is 0. The molecule has 0 saturated heterocycles. The Kier molecular flexibility index (Phi) is 4.10. The first-order valence-electron chi connectivity index (χ1n) is 5.67. The predicted octanol–water partition coefficient (Wildman–Crippen LogP) is 0.416. The van der Waals surface area contributed by atoms with Crippen LogP contribution in [0.1, 0.15) is 19.3 Å². The molecule has 0 radical (unpaired) electrons. The van der Waals surface area contributed by atoms with Crippen LogP contribution in [-0.2, 0) is 10.3 Å². The monoisotopic (exact) mass is 273 g/mol. The Morgan fingerprint density at radius 3 is 3.00 bits per heavy atom. The number of nitrogens with one attached hydrogen (secondary N) is 1. The zero-order valence-corrected chi connectivity index (χ0v) is 10.5. The molecule has 18 heavy (non-hydrogen) atoms. The molecule has 0 spiro atoms. The zero-order chi connectivity index (χ0) is 13.0. The highest BCUT2D eigenvalue weighted by Gasteiger charge is 2.27. The highest BCUT2D eigenvalue weighted by atomic mass is 32.2. The molecule has 0 bridgehead atoms. The molecule has 100 valence electrons. The summed E-state index contributed by atoms with van der Waals surface area (Å²) in [4.78, 5) is 7.76. The average Bonchev–Trinajstić information content (AvgIpc) is 2.75. The predicted molar refractivity (Wildman–Crippen MR) is 63.3 cm³/mol. The van der Waals surface area contributed by atoms with Gasteiger partial charge in [-0.1, -0.05) is 0 Å². The maximum Gasteiger partial charge on any atom is 0.333 e. The van der Waals surface area contributed by atoms with E-state index >= 15 is 0 Å². The minimum atomic E-state index is -4.10. The van der Waals surface area contributed by atoms with Crippen LogP contribution in [0, 0.1) is 5.92 Å². The van der Waals surface area contributed by atoms with E-state index in [4.69, 9.17) is 9.29 Å². The lowest BCUT2D eigenvalue weighted by Crippen LogP contribution is -2.28. The number of ether oxygens (including phenoxy) is 1. The van der Waals surface area contributed by atoms with Crippen LogP contribution in [0.4, 0.5) is 0 Å². The Labute approximate surface area is 105 Å². The molecule has 1 aromatic heterocycles. The van der Waals surface area contributed by atoms with Crippen molar-refractivity contribution in [1.29, 1.82) is 0 Å². The van der Waals surface area contributed by atoms with Gasteiger partial charge in [0.2, 0.25) is 5.88 Å². The molecule has 1 saturated carbocycles. The van der Waals surface area contributed by atoms with Crippen LogP contribution in [0.5, 0.6) is 5.88 Å². The summed E-state index contributed by atoms with van der Waals surface area (Å²) in [5, 5.41) is 0. The quantitative estimate of drug-likeness (QED) is 0.754. The molecule has 1 aliphatic rings. The van der Waals surface area contributed by atoms with Crippen LogP contribution in [0.25, 0.3) is 0 Å². The third-order valence-electron chi connectivity index (χ3n) is 2.89. The Bertz CT molecular complexity index is 479. The first kappa shape index (κ1) is 13.2. The standard InChI is InChI=1S/C10H15N3O4S/c14-18(15,16)13-6-8-1-2-9(5-8)17-10-3-4-11-7-12-10/h3-4,7-9,13H,1-2,5-6H2,(H,14,15,16)/t8-,9+/m1/s1. The summed E-state index contributed by atoms with van der Waals surface area (Å²) in [5.74, 6) is 0.706. The second-order valence-electron chi connectivity index (χ2n) is 4.29. The van der Waals surface area contributed by atoms with Crippen molar-refractivity contribution in [2.75, 3.05) is 6.54 Å². The van der Waals surface area contributed by atoms with Gasteiger partial charge in [0.15, 0.2) is 0 Å². The van der Waals surface area contributed by atoms with Crippen molar-refractivity contribution in [2.24, 2.45) is 5.92 Å². The van der Waals surface area contributed by atoms with E-state index in [-0.39, 0.29) is 18.6 Å². The van der Waals surface area contributed by atoms with E-state index in [0.717, 1.165) is 19.3 Å². The van der Waals surface area contributed by atoms with Gasteiger partial charge < -0.3 is 4.74 Å². The van der Waals surface area contributed by atoms with Gasteiger partial charge in [-0.05, 0) is 25.2 Å². The van der Waals surface area contributed by atoms with Crippen LogP contribution in [0.15, 0.2) is 18.6 Å². The number of hydrogen-bond donors (Lipinski definition) is 2. The summed E-state index contributed by atoms with van der Waals surface area (Å²) in [6.45, 7) is 0.239. The van der Waals surface area contributed by atoms with E-state index in [9.17, 15) is 8.42 Å². The lowest BCUT2D eigenvalue weighted by Gasteiger charge is -2.13. The van der Waals surface area contributed by atoms with Crippen molar-refractivity contribution >= 4 is 10.3 Å². The van der Waals surface area contributed by atoms with E-state index in [1.165, 1.54) is 6.33 Å². The van der Waals surface area contributed by atoms with Crippen LogP contribution in [0.2, 0.25) is 0 Å². The summed E-state index contributed by atoms with van der Waals surface area (Å²) in [6, 6.07) is 1.68. The first-order valence-corrected chi connectivity index (χ1v) is 7.11. The molecule has 1 fully saturated rings. The number of hydrogen-bond acceptors (Lipinski definition) is 5. The minimum Gasteiger partial charge on any atom is -0.474 e. The molecule has 1 heterocycles. The number of rotatable bonds is 5. The molecule has 0 aliphatic heterocycles. The fourth-order valence-corrected chi connectivity index (χ4v) is 2.51. The molecule has 0 amide bonds. The summed E-state index contributed by atoms with van der Waals surface area (Å²) < 4.78 is 37.4. The van der Waals surface area contributed by atoms with E-state index in [1.54, 1.807) is 12.3 Å². The third kappa shape index (κ3) is 4.21. The molecular weight excluding hydrogens is 258 g/mol. The van der Waals surface area contributed by atoms with Crippen molar-refractivity contribution < 1.29 is 17.7 Å². The molecule has 7 nitrogen and oxygen atoms in total. The Balaban J connectivity index is 1.78. The Hall–Kier alpha value is -1.25. The molecule has 1 aliphatic carbocycles.